The number of halogens is 3. The SMILES string of the molecule is O=C(/C=C/c1ccc(Cl)cc1Cl)Nc1ccc(S(=O)(=O)Nc2ccc(Cl)cc2)cc1. The highest BCUT2D eigenvalue weighted by Gasteiger charge is 2.14. The van der Waals surface area contributed by atoms with Gasteiger partial charge in [0.15, 0.2) is 0 Å². The summed E-state index contributed by atoms with van der Waals surface area (Å²) in [5.74, 6) is -0.393. The Hall–Kier alpha value is -2.51. The molecule has 154 valence electrons. The molecule has 0 saturated heterocycles. The van der Waals surface area contributed by atoms with Gasteiger partial charge in [-0.15, -0.1) is 0 Å². The van der Waals surface area contributed by atoms with Crippen LogP contribution in [0.15, 0.2) is 77.7 Å². The van der Waals surface area contributed by atoms with Crippen molar-refractivity contribution in [3.8, 4) is 0 Å². The smallest absolute Gasteiger partial charge is 0.261 e. The maximum absolute atomic E-state index is 12.5. The second-order valence-corrected chi connectivity index (χ2v) is 9.09. The van der Waals surface area contributed by atoms with Crippen LogP contribution in [-0.4, -0.2) is 14.3 Å². The number of anilines is 2. The molecule has 3 aromatic rings. The Balaban J connectivity index is 1.65. The second kappa shape index (κ2) is 9.53. The fourth-order valence-corrected chi connectivity index (χ4v) is 4.09. The number of benzene rings is 3. The predicted molar refractivity (Wildman–Crippen MR) is 123 cm³/mol. The topological polar surface area (TPSA) is 75.3 Å². The molecule has 9 heteroatoms. The van der Waals surface area contributed by atoms with Crippen LogP contribution in [-0.2, 0) is 14.8 Å². The molecule has 0 aliphatic carbocycles. The number of hydrogen-bond acceptors (Lipinski definition) is 3. The Bertz CT molecular complexity index is 1190. The molecular weight excluding hydrogens is 467 g/mol. The van der Waals surface area contributed by atoms with Crippen molar-refractivity contribution in [2.45, 2.75) is 4.90 Å². The highest BCUT2D eigenvalue weighted by molar-refractivity contribution is 7.92. The highest BCUT2D eigenvalue weighted by atomic mass is 35.5. The maximum Gasteiger partial charge on any atom is 0.261 e. The average Bonchev–Trinajstić information content (AvgIpc) is 2.69. The van der Waals surface area contributed by atoms with Crippen LogP contribution in [0.3, 0.4) is 0 Å². The van der Waals surface area contributed by atoms with Crippen molar-refractivity contribution in [1.82, 2.24) is 0 Å². The molecule has 30 heavy (non-hydrogen) atoms. The van der Waals surface area contributed by atoms with Gasteiger partial charge < -0.3 is 5.32 Å². The van der Waals surface area contributed by atoms with Crippen LogP contribution in [0.4, 0.5) is 11.4 Å². The Kier molecular flexibility index (Phi) is 7.05. The number of hydrogen-bond donors (Lipinski definition) is 2. The van der Waals surface area contributed by atoms with Crippen molar-refractivity contribution < 1.29 is 13.2 Å². The molecule has 5 nitrogen and oxygen atoms in total. The fourth-order valence-electron chi connectivity index (χ4n) is 2.44. The van der Waals surface area contributed by atoms with Gasteiger partial charge in [-0.05, 0) is 72.3 Å². The van der Waals surface area contributed by atoms with E-state index in [4.69, 9.17) is 34.8 Å². The third-order valence-corrected chi connectivity index (χ3v) is 6.12. The van der Waals surface area contributed by atoms with E-state index in [2.05, 4.69) is 10.0 Å². The molecule has 0 radical (unpaired) electrons. The van der Waals surface area contributed by atoms with Crippen molar-refractivity contribution in [1.29, 1.82) is 0 Å². The zero-order chi connectivity index (χ0) is 21.7. The summed E-state index contributed by atoms with van der Waals surface area (Å²) < 4.78 is 27.4. The van der Waals surface area contributed by atoms with Gasteiger partial charge in [0, 0.05) is 32.5 Å². The number of carbonyl (C=O) groups is 1. The van der Waals surface area contributed by atoms with Gasteiger partial charge in [0.05, 0.1) is 4.90 Å². The summed E-state index contributed by atoms with van der Waals surface area (Å²) >= 11 is 17.7. The number of nitrogens with one attached hydrogen (secondary N) is 2. The molecule has 0 aliphatic rings. The molecule has 0 atom stereocenters. The summed E-state index contributed by atoms with van der Waals surface area (Å²) in [7, 11) is -3.77. The molecule has 3 rings (SSSR count). The Morgan fingerprint density at radius 3 is 2.03 bits per heavy atom. The molecule has 0 aliphatic heterocycles. The molecule has 0 bridgehead atoms. The average molecular weight is 482 g/mol. The van der Waals surface area contributed by atoms with E-state index in [0.717, 1.165) is 0 Å². The second-order valence-electron chi connectivity index (χ2n) is 6.13. The lowest BCUT2D eigenvalue weighted by Crippen LogP contribution is -2.13. The first-order valence-electron chi connectivity index (χ1n) is 8.55. The summed E-state index contributed by atoms with van der Waals surface area (Å²) in [4.78, 5) is 12.2. The van der Waals surface area contributed by atoms with E-state index in [0.29, 0.717) is 32.0 Å². The monoisotopic (exact) mass is 480 g/mol. The highest BCUT2D eigenvalue weighted by Crippen LogP contribution is 2.22. The number of sulfonamides is 1. The van der Waals surface area contributed by atoms with Gasteiger partial charge in [-0.2, -0.15) is 0 Å². The molecule has 0 saturated carbocycles. The first kappa shape index (κ1) is 22.2. The standard InChI is InChI=1S/C21H15Cl3N2O3S/c22-15-4-6-18(7-5-15)26-30(28,29)19-10-8-17(9-11-19)25-21(27)12-2-14-1-3-16(23)13-20(14)24/h1-13,26H,(H,25,27)/b12-2+. The van der Waals surface area contributed by atoms with E-state index < -0.39 is 15.9 Å². The predicted octanol–water partition coefficient (Wildman–Crippen LogP) is 6.10. The normalized spacial score (nSPS) is 11.4. The molecule has 0 unspecified atom stereocenters. The minimum absolute atomic E-state index is 0.0546. The molecule has 0 heterocycles. The minimum Gasteiger partial charge on any atom is -0.323 e. The minimum atomic E-state index is -3.77. The quantitative estimate of drug-likeness (QED) is 0.418. The Labute approximate surface area is 189 Å². The maximum atomic E-state index is 12.5. The van der Waals surface area contributed by atoms with E-state index in [1.54, 1.807) is 48.5 Å². The number of carbonyl (C=O) groups excluding carboxylic acids is 1. The molecule has 1 amide bonds. The zero-order valence-corrected chi connectivity index (χ0v) is 18.4. The molecule has 0 fully saturated rings. The van der Waals surface area contributed by atoms with E-state index >= 15 is 0 Å². The van der Waals surface area contributed by atoms with Crippen molar-refractivity contribution >= 4 is 68.2 Å². The third kappa shape index (κ3) is 6.00. The lowest BCUT2D eigenvalue weighted by atomic mass is 10.2. The molecular formula is C21H15Cl3N2O3S. The number of rotatable bonds is 6. The van der Waals surface area contributed by atoms with Gasteiger partial charge in [-0.1, -0.05) is 40.9 Å². The number of amides is 1. The first-order valence-corrected chi connectivity index (χ1v) is 11.2. The summed E-state index contributed by atoms with van der Waals surface area (Å²) in [6.07, 6.45) is 2.88. The molecule has 3 aromatic carbocycles. The summed E-state index contributed by atoms with van der Waals surface area (Å²) in [6, 6.07) is 17.0. The fraction of sp³-hybridized carbons (Fsp3) is 0. The third-order valence-electron chi connectivity index (χ3n) is 3.91. The Morgan fingerprint density at radius 1 is 0.800 bits per heavy atom. The van der Waals surface area contributed by atoms with E-state index in [1.165, 1.54) is 30.3 Å². The summed E-state index contributed by atoms with van der Waals surface area (Å²) in [5.41, 5.74) is 1.48. The molecule has 2 N–H and O–H groups in total. The first-order chi connectivity index (χ1) is 14.2. The van der Waals surface area contributed by atoms with Gasteiger partial charge in [0.2, 0.25) is 5.91 Å². The van der Waals surface area contributed by atoms with Crippen LogP contribution < -0.4 is 10.0 Å². The van der Waals surface area contributed by atoms with E-state index in [-0.39, 0.29) is 4.90 Å². The largest absolute Gasteiger partial charge is 0.323 e. The van der Waals surface area contributed by atoms with Crippen molar-refractivity contribution in [3.63, 3.8) is 0 Å². The molecule has 0 aromatic heterocycles. The zero-order valence-electron chi connectivity index (χ0n) is 15.3. The van der Waals surface area contributed by atoms with Crippen LogP contribution in [0.1, 0.15) is 5.56 Å². The summed E-state index contributed by atoms with van der Waals surface area (Å²) in [5, 5.41) is 4.09. The van der Waals surface area contributed by atoms with Crippen molar-refractivity contribution in [2.75, 3.05) is 10.0 Å². The van der Waals surface area contributed by atoms with Crippen LogP contribution in [0.25, 0.3) is 6.08 Å². The van der Waals surface area contributed by atoms with Crippen LogP contribution in [0.5, 0.6) is 0 Å². The van der Waals surface area contributed by atoms with Gasteiger partial charge in [-0.3, -0.25) is 9.52 Å². The lowest BCUT2D eigenvalue weighted by Gasteiger charge is -2.09. The molecule has 0 spiro atoms. The van der Waals surface area contributed by atoms with Gasteiger partial charge in [0.25, 0.3) is 10.0 Å². The van der Waals surface area contributed by atoms with Crippen molar-refractivity contribution in [3.05, 3.63) is 93.4 Å². The van der Waals surface area contributed by atoms with Gasteiger partial charge in [-0.25, -0.2) is 8.42 Å². The van der Waals surface area contributed by atoms with Crippen LogP contribution >= 0.6 is 34.8 Å². The Morgan fingerprint density at radius 2 is 1.40 bits per heavy atom. The van der Waals surface area contributed by atoms with Gasteiger partial charge in [0.1, 0.15) is 0 Å². The van der Waals surface area contributed by atoms with Gasteiger partial charge >= 0.3 is 0 Å². The summed E-state index contributed by atoms with van der Waals surface area (Å²) in [6.45, 7) is 0. The lowest BCUT2D eigenvalue weighted by molar-refractivity contribution is -0.111. The van der Waals surface area contributed by atoms with Crippen LogP contribution in [0.2, 0.25) is 15.1 Å². The van der Waals surface area contributed by atoms with Crippen LogP contribution in [0, 0.1) is 0 Å². The van der Waals surface area contributed by atoms with E-state index in [9.17, 15) is 13.2 Å². The van der Waals surface area contributed by atoms with Crippen molar-refractivity contribution in [2.24, 2.45) is 0 Å². The van der Waals surface area contributed by atoms with E-state index in [1.807, 2.05) is 0 Å².